The number of carboxylic acid groups (broad SMARTS) is 1. The number of carboxylic acids is 1. The molecule has 9 heteroatoms. The van der Waals surface area contributed by atoms with Crippen molar-refractivity contribution in [3.05, 3.63) is 11.6 Å². The zero-order valence-corrected chi connectivity index (χ0v) is 20.1. The van der Waals surface area contributed by atoms with Crippen molar-refractivity contribution >= 4 is 23.5 Å². The zero-order chi connectivity index (χ0) is 24.7. The monoisotopic (exact) mass is 475 g/mol. The lowest BCUT2D eigenvalue weighted by molar-refractivity contribution is -0.144. The molecule has 2 amide bonds. The van der Waals surface area contributed by atoms with E-state index >= 15 is 0 Å². The number of amides is 2. The van der Waals surface area contributed by atoms with E-state index in [-0.39, 0.29) is 16.9 Å². The molecular formula is C25H37N3O6. The molecule has 0 spiro atoms. The molecule has 4 aliphatic carbocycles. The third-order valence-electron chi connectivity index (χ3n) is 9.34. The first-order chi connectivity index (χ1) is 16.0. The van der Waals surface area contributed by atoms with Crippen molar-refractivity contribution in [2.24, 2.45) is 39.5 Å². The molecule has 0 radical (unpaired) electrons. The Morgan fingerprint density at radius 1 is 1.18 bits per heavy atom. The minimum atomic E-state index is -1.38. The van der Waals surface area contributed by atoms with Gasteiger partial charge in [0.2, 0.25) is 5.91 Å². The molecule has 9 nitrogen and oxygen atoms in total. The number of allylic oxidation sites excluding steroid dienone is 2. The Morgan fingerprint density at radius 3 is 2.65 bits per heavy atom. The predicted octanol–water partition coefficient (Wildman–Crippen LogP) is 2.13. The van der Waals surface area contributed by atoms with Crippen molar-refractivity contribution in [2.45, 2.75) is 83.8 Å². The highest BCUT2D eigenvalue weighted by atomic mass is 16.6. The summed E-state index contributed by atoms with van der Waals surface area (Å²) in [5.41, 5.74) is 7.43. The van der Waals surface area contributed by atoms with Gasteiger partial charge in [0.05, 0.1) is 18.2 Å². The smallest absolute Gasteiger partial charge is 0.326 e. The first-order valence-corrected chi connectivity index (χ1v) is 12.4. The Labute approximate surface area is 200 Å². The molecule has 0 aromatic carbocycles. The van der Waals surface area contributed by atoms with Gasteiger partial charge in [-0.25, -0.2) is 4.79 Å². The van der Waals surface area contributed by atoms with E-state index in [0.29, 0.717) is 17.8 Å². The van der Waals surface area contributed by atoms with Crippen molar-refractivity contribution in [3.8, 4) is 0 Å². The lowest BCUT2D eigenvalue weighted by Crippen LogP contribution is -2.51. The van der Waals surface area contributed by atoms with Gasteiger partial charge in [-0.2, -0.15) is 0 Å². The SMILES string of the molecule is C[C@]12CC[C@H]3[C@@H](CCC4=C/C(=N\OCC(=O)N[C@H](CC(N)=O)C(=O)O)CC[C@@]43C)[C@@H]1CC[C@@H]2O. The molecule has 3 fully saturated rings. The molecule has 4 aliphatic rings. The van der Waals surface area contributed by atoms with Crippen molar-refractivity contribution < 1.29 is 29.4 Å². The van der Waals surface area contributed by atoms with Crippen LogP contribution in [0.25, 0.3) is 0 Å². The van der Waals surface area contributed by atoms with Crippen molar-refractivity contribution in [1.29, 1.82) is 0 Å². The molecule has 188 valence electrons. The van der Waals surface area contributed by atoms with Gasteiger partial charge in [0, 0.05) is 0 Å². The summed E-state index contributed by atoms with van der Waals surface area (Å²) >= 11 is 0. The van der Waals surface area contributed by atoms with Gasteiger partial charge in [-0.1, -0.05) is 24.6 Å². The number of rotatable bonds is 7. The number of carbonyl (C=O) groups is 3. The van der Waals surface area contributed by atoms with Crippen molar-refractivity contribution in [2.75, 3.05) is 6.61 Å². The summed E-state index contributed by atoms with van der Waals surface area (Å²) in [4.78, 5) is 39.3. The highest BCUT2D eigenvalue weighted by Gasteiger charge is 2.58. The largest absolute Gasteiger partial charge is 0.480 e. The van der Waals surface area contributed by atoms with Gasteiger partial charge in [-0.3, -0.25) is 9.59 Å². The Balaban J connectivity index is 1.37. The fourth-order valence-corrected chi connectivity index (χ4v) is 7.43. The number of fused-ring (bicyclic) bond motifs is 5. The van der Waals surface area contributed by atoms with E-state index in [0.717, 1.165) is 57.1 Å². The van der Waals surface area contributed by atoms with Crippen LogP contribution >= 0.6 is 0 Å². The third kappa shape index (κ3) is 4.46. The highest BCUT2D eigenvalue weighted by Crippen LogP contribution is 2.65. The number of hydrogen-bond donors (Lipinski definition) is 4. The van der Waals surface area contributed by atoms with E-state index in [2.05, 4.69) is 30.4 Å². The fraction of sp³-hybridized carbons (Fsp3) is 0.760. The molecule has 7 atom stereocenters. The normalized spacial score (nSPS) is 38.7. The van der Waals surface area contributed by atoms with Crippen LogP contribution in [-0.4, -0.2) is 52.5 Å². The summed E-state index contributed by atoms with van der Waals surface area (Å²) in [6, 6.07) is -1.38. The number of aliphatic hydroxyl groups is 1. The number of primary amides is 1. The number of nitrogens with zero attached hydrogens (tertiary/aromatic N) is 1. The topological polar surface area (TPSA) is 151 Å². The van der Waals surface area contributed by atoms with Crippen LogP contribution in [0.3, 0.4) is 0 Å². The number of oxime groups is 1. The molecule has 0 saturated heterocycles. The fourth-order valence-electron chi connectivity index (χ4n) is 7.43. The molecule has 3 saturated carbocycles. The second-order valence-electron chi connectivity index (χ2n) is 11.1. The van der Waals surface area contributed by atoms with E-state index in [1.54, 1.807) is 0 Å². The molecule has 0 unspecified atom stereocenters. The zero-order valence-electron chi connectivity index (χ0n) is 20.1. The first kappa shape index (κ1) is 24.7. The molecule has 5 N–H and O–H groups in total. The quantitative estimate of drug-likeness (QED) is 0.414. The van der Waals surface area contributed by atoms with Crippen LogP contribution in [0.15, 0.2) is 16.8 Å². The van der Waals surface area contributed by atoms with Gasteiger partial charge in [0.1, 0.15) is 6.04 Å². The Kier molecular flexibility index (Phi) is 6.77. The molecule has 0 heterocycles. The van der Waals surface area contributed by atoms with Crippen molar-refractivity contribution in [1.82, 2.24) is 5.32 Å². The molecule has 0 aliphatic heterocycles. The Bertz CT molecular complexity index is 916. The standard InChI is InChI=1S/C25H37N3O6/c1-24-9-7-15(28-34-13-22(31)27-19(23(32)33)12-21(26)30)11-14(24)3-4-16-17-5-6-20(29)25(17,2)10-8-18(16)24/h11,16-20,29H,3-10,12-13H2,1-2H3,(H2,26,30)(H,27,31)(H,32,33)/b28-15-/t16-,17-,18-,19+,20-,24-,25-/m0/s1. The highest BCUT2D eigenvalue weighted by molar-refractivity contribution is 5.96. The number of carbonyl (C=O) groups excluding carboxylic acids is 2. The van der Waals surface area contributed by atoms with Gasteiger partial charge >= 0.3 is 5.97 Å². The number of aliphatic hydroxyl groups excluding tert-OH is 1. The van der Waals surface area contributed by atoms with Crippen LogP contribution in [0.2, 0.25) is 0 Å². The average molecular weight is 476 g/mol. The number of nitrogens with two attached hydrogens (primary N) is 1. The molecule has 34 heavy (non-hydrogen) atoms. The molecule has 0 bridgehead atoms. The van der Waals surface area contributed by atoms with Crippen LogP contribution in [0.5, 0.6) is 0 Å². The Morgan fingerprint density at radius 2 is 1.94 bits per heavy atom. The lowest BCUT2D eigenvalue weighted by atomic mass is 9.47. The maximum atomic E-state index is 12.0. The average Bonchev–Trinajstić information content (AvgIpc) is 3.07. The predicted molar refractivity (Wildman–Crippen MR) is 124 cm³/mol. The van der Waals surface area contributed by atoms with E-state index in [9.17, 15) is 19.5 Å². The van der Waals surface area contributed by atoms with Crippen LogP contribution in [0.4, 0.5) is 0 Å². The van der Waals surface area contributed by atoms with Gasteiger partial charge in [-0.05, 0) is 86.0 Å². The molecular weight excluding hydrogens is 438 g/mol. The maximum absolute atomic E-state index is 12.0. The van der Waals surface area contributed by atoms with Crippen LogP contribution in [0.1, 0.15) is 71.6 Å². The summed E-state index contributed by atoms with van der Waals surface area (Å²) in [5.74, 6) is -0.911. The lowest BCUT2D eigenvalue weighted by Gasteiger charge is -2.57. The van der Waals surface area contributed by atoms with E-state index in [1.807, 2.05) is 0 Å². The van der Waals surface area contributed by atoms with Gasteiger partial charge in [-0.15, -0.1) is 0 Å². The number of aliphatic carboxylic acids is 1. The van der Waals surface area contributed by atoms with Crippen LogP contribution in [-0.2, 0) is 19.2 Å². The summed E-state index contributed by atoms with van der Waals surface area (Å²) < 4.78 is 0. The third-order valence-corrected chi connectivity index (χ3v) is 9.34. The molecule has 4 rings (SSSR count). The maximum Gasteiger partial charge on any atom is 0.326 e. The van der Waals surface area contributed by atoms with Crippen LogP contribution < -0.4 is 11.1 Å². The minimum Gasteiger partial charge on any atom is -0.480 e. The van der Waals surface area contributed by atoms with E-state index < -0.39 is 36.9 Å². The molecule has 0 aromatic rings. The molecule has 0 aromatic heterocycles. The summed E-state index contributed by atoms with van der Waals surface area (Å²) in [6.07, 6.45) is 9.71. The van der Waals surface area contributed by atoms with Gasteiger partial charge in [0.15, 0.2) is 6.61 Å². The summed E-state index contributed by atoms with van der Waals surface area (Å²) in [5, 5.41) is 26.1. The minimum absolute atomic E-state index is 0.0749. The van der Waals surface area contributed by atoms with Gasteiger partial charge in [0.25, 0.3) is 5.91 Å². The van der Waals surface area contributed by atoms with Crippen molar-refractivity contribution in [3.63, 3.8) is 0 Å². The first-order valence-electron chi connectivity index (χ1n) is 12.4. The second-order valence-corrected chi connectivity index (χ2v) is 11.1. The second kappa shape index (κ2) is 9.32. The van der Waals surface area contributed by atoms with Gasteiger partial charge < -0.3 is 26.1 Å². The Hall–Kier alpha value is -2.42. The summed E-state index contributed by atoms with van der Waals surface area (Å²) in [6.45, 7) is 4.25. The van der Waals surface area contributed by atoms with E-state index in [4.69, 9.17) is 15.7 Å². The number of nitrogens with one attached hydrogen (secondary N) is 1. The van der Waals surface area contributed by atoms with Crippen LogP contribution in [0, 0.1) is 28.6 Å². The number of hydrogen-bond acceptors (Lipinski definition) is 6. The summed E-state index contributed by atoms with van der Waals surface area (Å²) in [7, 11) is 0. The van der Waals surface area contributed by atoms with E-state index in [1.165, 1.54) is 5.57 Å².